The number of aliphatic hydroxyl groups excluding tert-OH is 2. The molecule has 0 atom stereocenters. The van der Waals surface area contributed by atoms with Crippen LogP contribution in [0.4, 0.5) is 0 Å². The second-order valence-electron chi connectivity index (χ2n) is 2.03. The fourth-order valence-electron chi connectivity index (χ4n) is 0.400. The van der Waals surface area contributed by atoms with E-state index >= 15 is 0 Å². The summed E-state index contributed by atoms with van der Waals surface area (Å²) in [4.78, 5) is 9.00. The smallest absolute Gasteiger partial charge is 0.300 e. The highest BCUT2D eigenvalue weighted by molar-refractivity contribution is 5.62. The van der Waals surface area contributed by atoms with Crippen molar-refractivity contribution in [2.24, 2.45) is 0 Å². The van der Waals surface area contributed by atoms with Gasteiger partial charge in [-0.1, -0.05) is 0 Å². The molecule has 0 saturated carbocycles. The minimum atomic E-state index is -0.833. The number of carboxylic acid groups (broad SMARTS) is 1. The molecule has 0 saturated heterocycles. The minimum Gasteiger partial charge on any atom is -0.481 e. The molecule has 0 fully saturated rings. The van der Waals surface area contributed by atoms with Gasteiger partial charge < -0.3 is 15.3 Å². The third-order valence-electron chi connectivity index (χ3n) is 0.816. The maximum absolute atomic E-state index is 9.00. The summed E-state index contributed by atoms with van der Waals surface area (Å²) in [7, 11) is 0. The molecule has 11 heavy (non-hydrogen) atoms. The summed E-state index contributed by atoms with van der Waals surface area (Å²) in [5, 5.41) is 23.8. The molecular weight excluding hydrogens is 148 g/mol. The average molecular weight is 164 g/mol. The van der Waals surface area contributed by atoms with Gasteiger partial charge in [-0.15, -0.1) is 0 Å². The van der Waals surface area contributed by atoms with Crippen LogP contribution in [-0.4, -0.2) is 34.5 Å². The molecule has 4 heteroatoms. The highest BCUT2D eigenvalue weighted by atomic mass is 16.4. The first kappa shape index (κ1) is 13.0. The molecule has 0 amide bonds. The minimum absolute atomic E-state index is 0.250. The summed E-state index contributed by atoms with van der Waals surface area (Å²) in [5.41, 5.74) is 0. The normalized spacial score (nSPS) is 8.27. The third-order valence-corrected chi connectivity index (χ3v) is 0.816. The van der Waals surface area contributed by atoms with E-state index in [2.05, 4.69) is 0 Å². The number of carboxylic acids is 1. The second-order valence-corrected chi connectivity index (χ2v) is 2.03. The monoisotopic (exact) mass is 164 g/mol. The molecule has 0 aromatic heterocycles. The lowest BCUT2D eigenvalue weighted by atomic mass is 10.2. The lowest BCUT2D eigenvalue weighted by Crippen LogP contribution is -1.85. The summed E-state index contributed by atoms with van der Waals surface area (Å²) < 4.78 is 0. The van der Waals surface area contributed by atoms with Gasteiger partial charge in [0.1, 0.15) is 0 Å². The molecule has 0 bridgehead atoms. The first-order chi connectivity index (χ1) is 5.15. The van der Waals surface area contributed by atoms with E-state index in [0.29, 0.717) is 0 Å². The largest absolute Gasteiger partial charge is 0.481 e. The van der Waals surface area contributed by atoms with E-state index in [0.717, 1.165) is 26.2 Å². The Bertz CT molecular complexity index is 74.5. The van der Waals surface area contributed by atoms with Crippen molar-refractivity contribution in [2.75, 3.05) is 13.2 Å². The zero-order chi connectivity index (χ0) is 9.11. The van der Waals surface area contributed by atoms with Gasteiger partial charge in [-0.2, -0.15) is 0 Å². The summed E-state index contributed by atoms with van der Waals surface area (Å²) in [5.74, 6) is -0.833. The highest BCUT2D eigenvalue weighted by Gasteiger charge is 1.81. The second kappa shape index (κ2) is 12.1. The number of rotatable bonds is 4. The highest BCUT2D eigenvalue weighted by Crippen LogP contribution is 1.90. The van der Waals surface area contributed by atoms with E-state index < -0.39 is 5.97 Å². The van der Waals surface area contributed by atoms with Crippen LogP contribution in [0.15, 0.2) is 0 Å². The van der Waals surface area contributed by atoms with Crippen molar-refractivity contribution < 1.29 is 20.1 Å². The summed E-state index contributed by atoms with van der Waals surface area (Å²) >= 11 is 0. The first-order valence-electron chi connectivity index (χ1n) is 3.56. The van der Waals surface area contributed by atoms with Gasteiger partial charge in [0.15, 0.2) is 0 Å². The standard InChI is InChI=1S/C5H12O2.C2H4O2/c6-4-2-1-3-5-7;1-2(3)4/h6-7H,1-5H2;1H3,(H,3,4). The van der Waals surface area contributed by atoms with E-state index in [-0.39, 0.29) is 13.2 Å². The molecule has 0 spiro atoms. The topological polar surface area (TPSA) is 77.8 Å². The van der Waals surface area contributed by atoms with Crippen LogP contribution in [0, 0.1) is 0 Å². The molecule has 4 nitrogen and oxygen atoms in total. The number of aliphatic carboxylic acids is 1. The number of hydrogen-bond acceptors (Lipinski definition) is 3. The van der Waals surface area contributed by atoms with E-state index in [1.54, 1.807) is 0 Å². The van der Waals surface area contributed by atoms with Crippen LogP contribution in [0.5, 0.6) is 0 Å². The molecule has 0 aliphatic rings. The van der Waals surface area contributed by atoms with Gasteiger partial charge in [0.25, 0.3) is 5.97 Å². The number of unbranched alkanes of at least 4 members (excludes halogenated alkanes) is 2. The van der Waals surface area contributed by atoms with Crippen molar-refractivity contribution in [3.8, 4) is 0 Å². The van der Waals surface area contributed by atoms with Gasteiger partial charge in [0, 0.05) is 20.1 Å². The van der Waals surface area contributed by atoms with Gasteiger partial charge in [0.2, 0.25) is 0 Å². The summed E-state index contributed by atoms with van der Waals surface area (Å²) in [6, 6.07) is 0. The Morgan fingerprint density at radius 3 is 1.55 bits per heavy atom. The van der Waals surface area contributed by atoms with Gasteiger partial charge in [-0.05, 0) is 19.3 Å². The van der Waals surface area contributed by atoms with Gasteiger partial charge in [0.05, 0.1) is 0 Å². The van der Waals surface area contributed by atoms with E-state index in [9.17, 15) is 0 Å². The summed E-state index contributed by atoms with van der Waals surface area (Å²) in [6.45, 7) is 1.58. The Balaban J connectivity index is 0. The van der Waals surface area contributed by atoms with Crippen LogP contribution in [0.2, 0.25) is 0 Å². The van der Waals surface area contributed by atoms with Crippen LogP contribution in [0.1, 0.15) is 26.2 Å². The fraction of sp³-hybridized carbons (Fsp3) is 0.857. The predicted octanol–water partition coefficient (Wildman–Crippen LogP) is 0.232. The molecular formula is C7H16O4. The Labute approximate surface area is 66.5 Å². The SMILES string of the molecule is CC(=O)O.OCCCCCO. The number of carbonyl (C=O) groups is 1. The Morgan fingerprint density at radius 1 is 1.09 bits per heavy atom. The van der Waals surface area contributed by atoms with E-state index in [4.69, 9.17) is 20.1 Å². The van der Waals surface area contributed by atoms with Gasteiger partial charge in [-0.3, -0.25) is 4.79 Å². The summed E-state index contributed by atoms with van der Waals surface area (Å²) in [6.07, 6.45) is 2.58. The van der Waals surface area contributed by atoms with Crippen molar-refractivity contribution in [3.63, 3.8) is 0 Å². The molecule has 0 aromatic carbocycles. The molecule has 0 heterocycles. The van der Waals surface area contributed by atoms with Crippen LogP contribution in [-0.2, 0) is 4.79 Å². The quantitative estimate of drug-likeness (QED) is 0.520. The van der Waals surface area contributed by atoms with Gasteiger partial charge in [-0.25, -0.2) is 0 Å². The van der Waals surface area contributed by atoms with Crippen molar-refractivity contribution in [1.82, 2.24) is 0 Å². The Kier molecular flexibility index (Phi) is 14.3. The molecule has 0 aliphatic carbocycles. The van der Waals surface area contributed by atoms with Gasteiger partial charge >= 0.3 is 0 Å². The van der Waals surface area contributed by atoms with E-state index in [1.165, 1.54) is 0 Å². The Hall–Kier alpha value is -0.610. The zero-order valence-electron chi connectivity index (χ0n) is 6.79. The number of aliphatic hydroxyl groups is 2. The molecule has 0 rings (SSSR count). The number of hydrogen-bond donors (Lipinski definition) is 3. The molecule has 0 aliphatic heterocycles. The third kappa shape index (κ3) is 44.6. The zero-order valence-corrected chi connectivity index (χ0v) is 6.79. The predicted molar refractivity (Wildman–Crippen MR) is 41.3 cm³/mol. The maximum Gasteiger partial charge on any atom is 0.300 e. The molecule has 0 aromatic rings. The van der Waals surface area contributed by atoms with E-state index in [1.807, 2.05) is 0 Å². The fourth-order valence-corrected chi connectivity index (χ4v) is 0.400. The van der Waals surface area contributed by atoms with Crippen molar-refractivity contribution in [3.05, 3.63) is 0 Å². The molecule has 68 valence electrons. The van der Waals surface area contributed by atoms with Crippen LogP contribution in [0.25, 0.3) is 0 Å². The lowest BCUT2D eigenvalue weighted by molar-refractivity contribution is -0.134. The van der Waals surface area contributed by atoms with Crippen LogP contribution >= 0.6 is 0 Å². The van der Waals surface area contributed by atoms with Crippen molar-refractivity contribution in [2.45, 2.75) is 26.2 Å². The molecule has 0 unspecified atom stereocenters. The lowest BCUT2D eigenvalue weighted by Gasteiger charge is -1.90. The van der Waals surface area contributed by atoms with Crippen molar-refractivity contribution in [1.29, 1.82) is 0 Å². The Morgan fingerprint density at radius 2 is 1.36 bits per heavy atom. The van der Waals surface area contributed by atoms with Crippen LogP contribution < -0.4 is 0 Å². The van der Waals surface area contributed by atoms with Crippen molar-refractivity contribution >= 4 is 5.97 Å². The maximum atomic E-state index is 9.00. The van der Waals surface area contributed by atoms with Crippen LogP contribution in [0.3, 0.4) is 0 Å². The molecule has 0 radical (unpaired) electrons. The first-order valence-corrected chi connectivity index (χ1v) is 3.56. The molecule has 3 N–H and O–H groups in total. The average Bonchev–Trinajstić information content (AvgIpc) is 1.88.